The minimum atomic E-state index is -0.364. The van der Waals surface area contributed by atoms with Gasteiger partial charge in [0.1, 0.15) is 6.07 Å². The summed E-state index contributed by atoms with van der Waals surface area (Å²) < 4.78 is 1.48. The molecule has 5 aromatic rings. The Hall–Kier alpha value is -4.16. The molecule has 0 amide bonds. The molecule has 0 fully saturated rings. The van der Waals surface area contributed by atoms with Crippen LogP contribution in [0.3, 0.4) is 0 Å². The number of halogens is 1. The summed E-state index contributed by atoms with van der Waals surface area (Å²) in [6.45, 7) is 2.36. The number of nitrogens with zero attached hydrogens (tertiary/aromatic N) is 2. The van der Waals surface area contributed by atoms with E-state index in [-0.39, 0.29) is 23.8 Å². The van der Waals surface area contributed by atoms with Crippen LogP contribution in [0.2, 0.25) is 0 Å². The third-order valence-electron chi connectivity index (χ3n) is 6.99. The van der Waals surface area contributed by atoms with Crippen LogP contribution in [0.4, 0.5) is 0 Å². The lowest BCUT2D eigenvalue weighted by Gasteiger charge is -2.15. The van der Waals surface area contributed by atoms with Crippen molar-refractivity contribution in [2.24, 2.45) is 5.73 Å². The third kappa shape index (κ3) is 4.02. The number of allylic oxidation sites excluding steroid dienone is 2. The first-order chi connectivity index (χ1) is 18.0. The average Bonchev–Trinajstić information content (AvgIpc) is 3.54. The van der Waals surface area contributed by atoms with E-state index in [4.69, 9.17) is 18.0 Å². The molecule has 0 spiro atoms. The van der Waals surface area contributed by atoms with E-state index in [1.54, 1.807) is 0 Å². The number of nitrogens with two attached hydrogens (primary N) is 1. The SMILES string of the molecule is Cc1[nH]c2ccccc2c1-n1c(C#N)c(-c2c(CC3=CC(CN)=CCC3=S)[nH]c3ccccc23)[nH]c1=O.Cl. The van der Waals surface area contributed by atoms with Gasteiger partial charge >= 0.3 is 5.69 Å². The van der Waals surface area contributed by atoms with Crippen molar-refractivity contribution in [3.63, 3.8) is 0 Å². The van der Waals surface area contributed by atoms with Crippen molar-refractivity contribution in [3.8, 4) is 23.0 Å². The van der Waals surface area contributed by atoms with Gasteiger partial charge in [0.25, 0.3) is 0 Å². The Kier molecular flexibility index (Phi) is 6.67. The van der Waals surface area contributed by atoms with Crippen LogP contribution in [0.25, 0.3) is 38.8 Å². The van der Waals surface area contributed by atoms with Crippen LogP contribution < -0.4 is 11.4 Å². The van der Waals surface area contributed by atoms with Crippen molar-refractivity contribution in [1.82, 2.24) is 19.5 Å². The van der Waals surface area contributed by atoms with Crippen LogP contribution in [-0.2, 0) is 6.42 Å². The Labute approximate surface area is 230 Å². The summed E-state index contributed by atoms with van der Waals surface area (Å²) in [5.74, 6) is 0. The van der Waals surface area contributed by atoms with E-state index in [1.807, 2.05) is 55.5 Å². The van der Waals surface area contributed by atoms with Gasteiger partial charge in [-0.25, -0.2) is 9.36 Å². The number of thiocarbonyl (C=S) groups is 1. The molecule has 38 heavy (non-hydrogen) atoms. The number of nitrogens with one attached hydrogen (secondary N) is 3. The van der Waals surface area contributed by atoms with Crippen LogP contribution in [-0.4, -0.2) is 30.9 Å². The summed E-state index contributed by atoms with van der Waals surface area (Å²) in [7, 11) is 0. The lowest BCUT2D eigenvalue weighted by atomic mass is 9.93. The van der Waals surface area contributed by atoms with Crippen molar-refractivity contribution >= 4 is 51.3 Å². The van der Waals surface area contributed by atoms with Gasteiger partial charge < -0.3 is 20.7 Å². The summed E-state index contributed by atoms with van der Waals surface area (Å²) in [5.41, 5.74) is 13.3. The number of aromatic nitrogens is 4. The first-order valence-electron chi connectivity index (χ1n) is 12.1. The number of imidazole rings is 1. The Morgan fingerprint density at radius 3 is 2.45 bits per heavy atom. The highest BCUT2D eigenvalue weighted by Crippen LogP contribution is 2.36. The topological polar surface area (TPSA) is 119 Å². The molecule has 6 rings (SSSR count). The van der Waals surface area contributed by atoms with E-state index in [2.05, 4.69) is 33.2 Å². The van der Waals surface area contributed by atoms with E-state index in [0.717, 1.165) is 54.8 Å². The first-order valence-corrected chi connectivity index (χ1v) is 12.5. The second kappa shape index (κ2) is 9.95. The molecular weight excluding hydrogens is 516 g/mol. The molecule has 0 unspecified atom stereocenters. The van der Waals surface area contributed by atoms with E-state index in [1.165, 1.54) is 4.57 Å². The number of hydrogen-bond donors (Lipinski definition) is 4. The lowest BCUT2D eigenvalue weighted by molar-refractivity contribution is 0.965. The predicted molar refractivity (Wildman–Crippen MR) is 158 cm³/mol. The maximum atomic E-state index is 13.5. The zero-order chi connectivity index (χ0) is 25.7. The van der Waals surface area contributed by atoms with Crippen molar-refractivity contribution < 1.29 is 0 Å². The molecule has 0 saturated carbocycles. The molecule has 3 aromatic heterocycles. The highest BCUT2D eigenvalue weighted by molar-refractivity contribution is 7.80. The first kappa shape index (κ1) is 25.5. The number of para-hydroxylation sites is 2. The third-order valence-corrected chi connectivity index (χ3v) is 7.42. The number of benzene rings is 2. The van der Waals surface area contributed by atoms with Gasteiger partial charge in [-0.3, -0.25) is 0 Å². The molecule has 190 valence electrons. The molecule has 7 nitrogen and oxygen atoms in total. The fraction of sp³-hybridized carbons (Fsp3) is 0.138. The van der Waals surface area contributed by atoms with Crippen LogP contribution in [0.5, 0.6) is 0 Å². The van der Waals surface area contributed by atoms with Gasteiger partial charge in [-0.05, 0) is 30.2 Å². The minimum Gasteiger partial charge on any atom is -0.358 e. The van der Waals surface area contributed by atoms with Crippen LogP contribution >= 0.6 is 24.6 Å². The molecule has 0 saturated heterocycles. The predicted octanol–water partition coefficient (Wildman–Crippen LogP) is 5.52. The van der Waals surface area contributed by atoms with Gasteiger partial charge in [-0.2, -0.15) is 5.26 Å². The molecule has 2 aromatic carbocycles. The largest absolute Gasteiger partial charge is 0.358 e. The van der Waals surface area contributed by atoms with Crippen LogP contribution in [0.1, 0.15) is 23.5 Å². The smallest absolute Gasteiger partial charge is 0.331 e. The summed E-state index contributed by atoms with van der Waals surface area (Å²) in [5, 5.41) is 12.2. The number of fused-ring (bicyclic) bond motifs is 2. The number of hydrogen-bond acceptors (Lipinski definition) is 4. The normalized spacial score (nSPS) is 13.3. The maximum absolute atomic E-state index is 13.5. The van der Waals surface area contributed by atoms with Crippen LogP contribution in [0.15, 0.2) is 76.6 Å². The molecule has 0 aliphatic heterocycles. The van der Waals surface area contributed by atoms with Gasteiger partial charge in [-0.15, -0.1) is 12.4 Å². The van der Waals surface area contributed by atoms with Gasteiger partial charge in [0.15, 0.2) is 5.69 Å². The molecule has 5 N–H and O–H groups in total. The second-order valence-corrected chi connectivity index (χ2v) is 9.72. The lowest BCUT2D eigenvalue weighted by Crippen LogP contribution is -2.16. The maximum Gasteiger partial charge on any atom is 0.331 e. The van der Waals surface area contributed by atoms with Gasteiger partial charge in [0, 0.05) is 63.0 Å². The molecular formula is C29H25ClN6OS. The van der Waals surface area contributed by atoms with E-state index >= 15 is 0 Å². The number of rotatable bonds is 5. The summed E-state index contributed by atoms with van der Waals surface area (Å²) in [4.78, 5) is 24.2. The Morgan fingerprint density at radius 1 is 1.05 bits per heavy atom. The van der Waals surface area contributed by atoms with Crippen molar-refractivity contribution in [3.05, 3.63) is 99.4 Å². The summed E-state index contributed by atoms with van der Waals surface area (Å²) in [6.07, 6.45) is 5.33. The monoisotopic (exact) mass is 540 g/mol. The Morgan fingerprint density at radius 2 is 1.74 bits per heavy atom. The zero-order valence-corrected chi connectivity index (χ0v) is 22.2. The van der Waals surface area contributed by atoms with Gasteiger partial charge in [-0.1, -0.05) is 60.8 Å². The van der Waals surface area contributed by atoms with Crippen molar-refractivity contribution in [2.45, 2.75) is 19.8 Å². The van der Waals surface area contributed by atoms with E-state index < -0.39 is 0 Å². The highest BCUT2D eigenvalue weighted by atomic mass is 35.5. The van der Waals surface area contributed by atoms with E-state index in [9.17, 15) is 10.1 Å². The van der Waals surface area contributed by atoms with Gasteiger partial charge in [0.2, 0.25) is 0 Å². The fourth-order valence-electron chi connectivity index (χ4n) is 5.30. The number of aromatic amines is 3. The molecule has 0 bridgehead atoms. The molecule has 1 aliphatic carbocycles. The number of aryl methyl sites for hydroxylation is 1. The van der Waals surface area contributed by atoms with Crippen molar-refractivity contribution in [1.29, 1.82) is 5.26 Å². The molecule has 0 radical (unpaired) electrons. The van der Waals surface area contributed by atoms with E-state index in [0.29, 0.717) is 30.8 Å². The zero-order valence-electron chi connectivity index (χ0n) is 20.6. The number of nitriles is 1. The van der Waals surface area contributed by atoms with Crippen LogP contribution in [0, 0.1) is 18.3 Å². The molecule has 3 heterocycles. The standard InChI is InChI=1S/C29H24N6OS.ClH/c1-16-28(20-7-3-5-9-22(20)32-16)35-24(15-31)27(34-29(35)36)26-19-6-2-4-8-21(19)33-23(26)13-18-12-17(14-30)10-11-25(18)37;/h2-10,12,32-33H,11,13-14,30H2,1H3,(H,34,36);1H. The Bertz CT molecular complexity index is 1890. The minimum absolute atomic E-state index is 0. The van der Waals surface area contributed by atoms with Crippen molar-refractivity contribution in [2.75, 3.05) is 6.54 Å². The Balaban J connectivity index is 0.00000294. The average molecular weight is 541 g/mol. The molecule has 1 aliphatic rings. The molecule has 9 heteroatoms. The fourth-order valence-corrected chi connectivity index (χ4v) is 5.52. The second-order valence-electron chi connectivity index (χ2n) is 9.23. The van der Waals surface area contributed by atoms with Gasteiger partial charge in [0.05, 0.1) is 11.4 Å². The summed E-state index contributed by atoms with van der Waals surface area (Å²) >= 11 is 5.67. The highest BCUT2D eigenvalue weighted by Gasteiger charge is 2.26. The number of H-pyrrole nitrogens is 3. The quantitative estimate of drug-likeness (QED) is 0.219. The molecule has 0 atom stereocenters. The summed E-state index contributed by atoms with van der Waals surface area (Å²) in [6, 6.07) is 18.0.